The number of aromatic nitrogens is 3. The van der Waals surface area contributed by atoms with Crippen molar-refractivity contribution in [2.45, 2.75) is 24.8 Å². The Morgan fingerprint density at radius 2 is 1.82 bits per heavy atom. The van der Waals surface area contributed by atoms with Crippen LogP contribution >= 0.6 is 0 Å². The molecule has 0 aliphatic rings. The second-order valence-electron chi connectivity index (χ2n) is 6.02. The quantitative estimate of drug-likeness (QED) is 0.611. The number of hydrogen-bond donors (Lipinski definition) is 1. The molecule has 0 unspecified atom stereocenters. The Bertz CT molecular complexity index is 1030. The van der Waals surface area contributed by atoms with Gasteiger partial charge in [0.1, 0.15) is 12.7 Å². The van der Waals surface area contributed by atoms with Crippen LogP contribution in [0.2, 0.25) is 0 Å². The molecule has 3 aromatic rings. The second kappa shape index (κ2) is 8.32. The van der Waals surface area contributed by atoms with Gasteiger partial charge in [-0.1, -0.05) is 12.1 Å². The van der Waals surface area contributed by atoms with Crippen molar-refractivity contribution in [3.05, 3.63) is 72.3 Å². The SMILES string of the molecule is CCOC(=O)c1ccc(S(=O)(=O)N[C@H](C)c2ccc(-n3cncn3)cc2)cc1. The summed E-state index contributed by atoms with van der Waals surface area (Å²) < 4.78 is 34.4. The van der Waals surface area contributed by atoms with Crippen LogP contribution in [-0.2, 0) is 14.8 Å². The molecule has 28 heavy (non-hydrogen) atoms. The van der Waals surface area contributed by atoms with E-state index in [-0.39, 0.29) is 11.5 Å². The molecule has 1 N–H and O–H groups in total. The highest BCUT2D eigenvalue weighted by Gasteiger charge is 2.19. The van der Waals surface area contributed by atoms with Gasteiger partial charge in [0.25, 0.3) is 0 Å². The molecule has 0 aliphatic carbocycles. The molecule has 0 aliphatic heterocycles. The van der Waals surface area contributed by atoms with Crippen molar-refractivity contribution in [3.8, 4) is 5.69 Å². The summed E-state index contributed by atoms with van der Waals surface area (Å²) in [6.45, 7) is 3.73. The minimum atomic E-state index is -3.75. The molecule has 0 radical (unpaired) electrons. The summed E-state index contributed by atoms with van der Waals surface area (Å²) in [5, 5.41) is 4.05. The molecule has 1 aromatic heterocycles. The zero-order chi connectivity index (χ0) is 20.1. The van der Waals surface area contributed by atoms with Gasteiger partial charge in [0.2, 0.25) is 10.0 Å². The van der Waals surface area contributed by atoms with Crippen molar-refractivity contribution >= 4 is 16.0 Å². The Labute approximate surface area is 163 Å². The summed E-state index contributed by atoms with van der Waals surface area (Å²) in [6, 6.07) is 12.5. The van der Waals surface area contributed by atoms with Gasteiger partial charge in [0.15, 0.2) is 0 Å². The van der Waals surface area contributed by atoms with Crippen molar-refractivity contribution < 1.29 is 17.9 Å². The number of esters is 1. The van der Waals surface area contributed by atoms with E-state index in [4.69, 9.17) is 4.74 Å². The van der Waals surface area contributed by atoms with Crippen LogP contribution in [0.5, 0.6) is 0 Å². The Hall–Kier alpha value is -3.04. The van der Waals surface area contributed by atoms with Gasteiger partial charge in [-0.3, -0.25) is 0 Å². The van der Waals surface area contributed by atoms with E-state index < -0.39 is 22.0 Å². The van der Waals surface area contributed by atoms with E-state index in [0.29, 0.717) is 5.56 Å². The normalized spacial score (nSPS) is 12.5. The summed E-state index contributed by atoms with van der Waals surface area (Å²) in [7, 11) is -3.75. The first-order chi connectivity index (χ1) is 13.4. The first kappa shape index (κ1) is 19.7. The first-order valence-corrected chi connectivity index (χ1v) is 10.1. The van der Waals surface area contributed by atoms with Gasteiger partial charge in [0.05, 0.1) is 22.8 Å². The maximum Gasteiger partial charge on any atom is 0.338 e. The molecule has 2 aromatic carbocycles. The fraction of sp³-hybridized carbons (Fsp3) is 0.211. The monoisotopic (exact) mass is 400 g/mol. The molecular formula is C19H20N4O4S. The van der Waals surface area contributed by atoms with Gasteiger partial charge < -0.3 is 4.74 Å². The van der Waals surface area contributed by atoms with E-state index >= 15 is 0 Å². The van der Waals surface area contributed by atoms with E-state index in [1.165, 1.54) is 30.6 Å². The lowest BCUT2D eigenvalue weighted by atomic mass is 10.1. The molecule has 0 amide bonds. The number of benzene rings is 2. The van der Waals surface area contributed by atoms with Crippen LogP contribution in [0.15, 0.2) is 66.1 Å². The predicted octanol–water partition coefficient (Wildman–Crippen LogP) is 2.48. The number of hydrogen-bond acceptors (Lipinski definition) is 6. The zero-order valence-corrected chi connectivity index (χ0v) is 16.3. The Morgan fingerprint density at radius 1 is 1.14 bits per heavy atom. The number of ether oxygens (including phenoxy) is 1. The van der Waals surface area contributed by atoms with Gasteiger partial charge in [-0.15, -0.1) is 0 Å². The van der Waals surface area contributed by atoms with Crippen LogP contribution in [-0.4, -0.2) is 35.8 Å². The molecule has 9 heteroatoms. The minimum absolute atomic E-state index is 0.0756. The molecule has 0 spiro atoms. The third-order valence-corrected chi connectivity index (χ3v) is 5.64. The summed E-state index contributed by atoms with van der Waals surface area (Å²) in [5.74, 6) is -0.486. The maximum absolute atomic E-state index is 12.6. The summed E-state index contributed by atoms with van der Waals surface area (Å²) in [6.07, 6.45) is 3.03. The van der Waals surface area contributed by atoms with Crippen LogP contribution in [0.3, 0.4) is 0 Å². The Balaban J connectivity index is 1.72. The van der Waals surface area contributed by atoms with Gasteiger partial charge in [0, 0.05) is 6.04 Å². The molecule has 0 fully saturated rings. The van der Waals surface area contributed by atoms with E-state index in [9.17, 15) is 13.2 Å². The second-order valence-corrected chi connectivity index (χ2v) is 7.73. The number of carbonyl (C=O) groups excluding carboxylic acids is 1. The average Bonchev–Trinajstić information content (AvgIpc) is 3.23. The van der Waals surface area contributed by atoms with E-state index in [1.54, 1.807) is 24.9 Å². The smallest absolute Gasteiger partial charge is 0.338 e. The summed E-state index contributed by atoms with van der Waals surface area (Å²) >= 11 is 0. The number of carbonyl (C=O) groups is 1. The van der Waals surface area contributed by atoms with Crippen LogP contribution in [0.1, 0.15) is 35.8 Å². The predicted molar refractivity (Wildman–Crippen MR) is 102 cm³/mol. The lowest BCUT2D eigenvalue weighted by molar-refractivity contribution is 0.0526. The first-order valence-electron chi connectivity index (χ1n) is 8.65. The number of sulfonamides is 1. The van der Waals surface area contributed by atoms with Crippen LogP contribution < -0.4 is 4.72 Å². The highest BCUT2D eigenvalue weighted by Crippen LogP contribution is 2.19. The average molecular weight is 400 g/mol. The molecular weight excluding hydrogens is 380 g/mol. The van der Waals surface area contributed by atoms with Crippen molar-refractivity contribution in [2.24, 2.45) is 0 Å². The van der Waals surface area contributed by atoms with E-state index in [0.717, 1.165) is 11.3 Å². The Kier molecular flexibility index (Phi) is 5.86. The fourth-order valence-electron chi connectivity index (χ4n) is 2.61. The summed E-state index contributed by atoms with van der Waals surface area (Å²) in [5.41, 5.74) is 1.93. The molecule has 8 nitrogen and oxygen atoms in total. The van der Waals surface area contributed by atoms with Crippen LogP contribution in [0.25, 0.3) is 5.69 Å². The maximum atomic E-state index is 12.6. The standard InChI is InChI=1S/C19H20N4O4S/c1-3-27-19(24)16-6-10-18(11-7-16)28(25,26)22-14(2)15-4-8-17(9-5-15)23-13-20-12-21-23/h4-14,22H,3H2,1-2H3/t14-/m1/s1. The summed E-state index contributed by atoms with van der Waals surface area (Å²) in [4.78, 5) is 15.7. The van der Waals surface area contributed by atoms with Crippen molar-refractivity contribution in [1.82, 2.24) is 19.5 Å². The van der Waals surface area contributed by atoms with Crippen molar-refractivity contribution in [1.29, 1.82) is 0 Å². The van der Waals surface area contributed by atoms with Crippen molar-refractivity contribution in [3.63, 3.8) is 0 Å². The van der Waals surface area contributed by atoms with Gasteiger partial charge in [-0.2, -0.15) is 5.10 Å². The Morgan fingerprint density at radius 3 is 2.39 bits per heavy atom. The molecule has 0 bridgehead atoms. The number of nitrogens with zero attached hydrogens (tertiary/aromatic N) is 3. The largest absolute Gasteiger partial charge is 0.462 e. The fourth-order valence-corrected chi connectivity index (χ4v) is 3.84. The highest BCUT2D eigenvalue weighted by molar-refractivity contribution is 7.89. The zero-order valence-electron chi connectivity index (χ0n) is 15.4. The minimum Gasteiger partial charge on any atom is -0.462 e. The number of nitrogens with one attached hydrogen (secondary N) is 1. The molecule has 1 heterocycles. The highest BCUT2D eigenvalue weighted by atomic mass is 32.2. The van der Waals surface area contributed by atoms with Gasteiger partial charge in [-0.05, 0) is 55.8 Å². The van der Waals surface area contributed by atoms with Crippen LogP contribution in [0.4, 0.5) is 0 Å². The van der Waals surface area contributed by atoms with Crippen molar-refractivity contribution in [2.75, 3.05) is 6.61 Å². The van der Waals surface area contributed by atoms with Gasteiger partial charge >= 0.3 is 5.97 Å². The number of rotatable bonds is 7. The van der Waals surface area contributed by atoms with E-state index in [2.05, 4.69) is 14.8 Å². The molecule has 3 rings (SSSR count). The molecule has 0 saturated heterocycles. The molecule has 1 atom stereocenters. The third-order valence-electron chi connectivity index (χ3n) is 4.08. The molecule has 146 valence electrons. The van der Waals surface area contributed by atoms with Crippen LogP contribution in [0, 0.1) is 0 Å². The lowest BCUT2D eigenvalue weighted by Gasteiger charge is -2.15. The topological polar surface area (TPSA) is 103 Å². The lowest BCUT2D eigenvalue weighted by Crippen LogP contribution is -2.27. The van der Waals surface area contributed by atoms with Gasteiger partial charge in [-0.25, -0.2) is 27.6 Å². The van der Waals surface area contributed by atoms with E-state index in [1.807, 2.05) is 24.3 Å². The third kappa shape index (κ3) is 4.44. The molecule has 0 saturated carbocycles.